The summed E-state index contributed by atoms with van der Waals surface area (Å²) < 4.78 is 6.15. The first-order valence-electron chi connectivity index (χ1n) is 12.8. The third kappa shape index (κ3) is 5.96. The molecule has 1 aliphatic heterocycles. The van der Waals surface area contributed by atoms with Crippen molar-refractivity contribution in [2.75, 3.05) is 13.6 Å². The molecular weight excluding hydrogens is 448 g/mol. The Morgan fingerprint density at radius 1 is 0.972 bits per heavy atom. The van der Waals surface area contributed by atoms with Gasteiger partial charge in [0.2, 0.25) is 5.91 Å². The van der Waals surface area contributed by atoms with Crippen LogP contribution in [0.5, 0.6) is 5.75 Å². The fraction of sp³-hybridized carbons (Fsp3) is 0.355. The first-order chi connectivity index (χ1) is 17.3. The van der Waals surface area contributed by atoms with Gasteiger partial charge in [0.25, 0.3) is 5.91 Å². The zero-order valence-corrected chi connectivity index (χ0v) is 21.7. The minimum Gasteiger partial charge on any atom is -0.481 e. The molecule has 0 spiro atoms. The molecule has 0 saturated carbocycles. The van der Waals surface area contributed by atoms with E-state index in [0.717, 1.165) is 23.1 Å². The highest BCUT2D eigenvalue weighted by molar-refractivity contribution is 5.80. The summed E-state index contributed by atoms with van der Waals surface area (Å²) in [6, 6.07) is 26.0. The van der Waals surface area contributed by atoms with Gasteiger partial charge >= 0.3 is 0 Å². The number of amides is 2. The number of hydrogen-bond acceptors (Lipinski definition) is 3. The van der Waals surface area contributed by atoms with Crippen LogP contribution < -0.4 is 4.74 Å². The lowest BCUT2D eigenvalue weighted by atomic mass is 9.87. The van der Waals surface area contributed by atoms with Crippen molar-refractivity contribution >= 4 is 11.8 Å². The van der Waals surface area contributed by atoms with E-state index in [-0.39, 0.29) is 17.9 Å². The molecule has 5 nitrogen and oxygen atoms in total. The Kier molecular flexibility index (Phi) is 8.09. The maximum absolute atomic E-state index is 13.2. The van der Waals surface area contributed by atoms with Crippen molar-refractivity contribution in [1.29, 1.82) is 0 Å². The minimum absolute atomic E-state index is 0.0788. The summed E-state index contributed by atoms with van der Waals surface area (Å²) >= 11 is 0. The predicted octanol–water partition coefficient (Wildman–Crippen LogP) is 5.63. The van der Waals surface area contributed by atoms with Gasteiger partial charge < -0.3 is 14.5 Å². The van der Waals surface area contributed by atoms with E-state index in [1.54, 1.807) is 18.9 Å². The number of ether oxygens (including phenoxy) is 1. The van der Waals surface area contributed by atoms with Gasteiger partial charge in [0.1, 0.15) is 5.75 Å². The maximum atomic E-state index is 13.2. The van der Waals surface area contributed by atoms with Crippen LogP contribution in [0.4, 0.5) is 0 Å². The lowest BCUT2D eigenvalue weighted by Crippen LogP contribution is -2.41. The van der Waals surface area contributed by atoms with Gasteiger partial charge in [-0.25, -0.2) is 0 Å². The molecule has 1 heterocycles. The van der Waals surface area contributed by atoms with Crippen LogP contribution in [0.15, 0.2) is 78.9 Å². The van der Waals surface area contributed by atoms with E-state index in [9.17, 15) is 9.59 Å². The monoisotopic (exact) mass is 484 g/mol. The average Bonchev–Trinajstić information content (AvgIpc) is 2.88. The fourth-order valence-electron chi connectivity index (χ4n) is 4.90. The highest BCUT2D eigenvalue weighted by Gasteiger charge is 2.32. The molecule has 2 atom stereocenters. The summed E-state index contributed by atoms with van der Waals surface area (Å²) in [6.07, 6.45) is 0.694. The molecular formula is C31H36N2O3. The lowest BCUT2D eigenvalue weighted by Gasteiger charge is -2.38. The third-order valence-electron chi connectivity index (χ3n) is 6.66. The number of fused-ring (bicyclic) bond motifs is 1. The largest absolute Gasteiger partial charge is 0.481 e. The van der Waals surface area contributed by atoms with Crippen molar-refractivity contribution in [1.82, 2.24) is 9.80 Å². The third-order valence-corrected chi connectivity index (χ3v) is 6.66. The van der Waals surface area contributed by atoms with Gasteiger partial charge in [0.15, 0.2) is 6.10 Å². The standard InChI is InChI=1S/C31H36N2O3/c1-22(2)19-29(34)33-18-17-25-15-16-27(20-28(25)30(33)26-13-9-6-10-14-26)36-23(3)31(35)32(4)21-24-11-7-5-8-12-24/h5-16,20,22-23,30H,17-19,21H2,1-4H3/t23-,30-/m0/s1. The van der Waals surface area contributed by atoms with Crippen LogP contribution in [-0.2, 0) is 22.6 Å². The van der Waals surface area contributed by atoms with Crippen LogP contribution in [0.2, 0.25) is 0 Å². The van der Waals surface area contributed by atoms with Crippen LogP contribution in [0.1, 0.15) is 55.5 Å². The number of nitrogens with zero attached hydrogens (tertiary/aromatic N) is 2. The number of benzene rings is 3. The highest BCUT2D eigenvalue weighted by atomic mass is 16.5. The van der Waals surface area contributed by atoms with E-state index >= 15 is 0 Å². The number of likely N-dealkylation sites (N-methyl/N-ethyl adjacent to an activating group) is 1. The Hall–Kier alpha value is -3.60. The zero-order valence-electron chi connectivity index (χ0n) is 21.7. The Bertz CT molecular complexity index is 1180. The molecule has 188 valence electrons. The van der Waals surface area contributed by atoms with Crippen molar-refractivity contribution < 1.29 is 14.3 Å². The molecule has 5 heteroatoms. The molecule has 0 aliphatic carbocycles. The average molecular weight is 485 g/mol. The van der Waals surface area contributed by atoms with Crippen LogP contribution in [0, 0.1) is 5.92 Å². The predicted molar refractivity (Wildman–Crippen MR) is 143 cm³/mol. The molecule has 4 rings (SSSR count). The Morgan fingerprint density at radius 2 is 1.64 bits per heavy atom. The fourth-order valence-corrected chi connectivity index (χ4v) is 4.90. The number of carbonyl (C=O) groups excluding carboxylic acids is 2. The van der Waals surface area contributed by atoms with E-state index in [2.05, 4.69) is 32.0 Å². The summed E-state index contributed by atoms with van der Waals surface area (Å²) in [7, 11) is 1.80. The van der Waals surface area contributed by atoms with Crippen molar-refractivity contribution in [3.8, 4) is 5.75 Å². The molecule has 0 unspecified atom stereocenters. The van der Waals surface area contributed by atoms with E-state index in [4.69, 9.17) is 4.74 Å². The Labute approximate surface area is 214 Å². The van der Waals surface area contributed by atoms with Gasteiger partial charge in [0, 0.05) is 26.6 Å². The normalized spacial score (nSPS) is 15.8. The van der Waals surface area contributed by atoms with Crippen molar-refractivity contribution in [2.45, 2.75) is 52.3 Å². The molecule has 0 radical (unpaired) electrons. The first kappa shape index (κ1) is 25.5. The molecule has 0 bridgehead atoms. The Balaban J connectivity index is 1.56. The summed E-state index contributed by atoms with van der Waals surface area (Å²) in [6.45, 7) is 7.16. The zero-order chi connectivity index (χ0) is 25.7. The van der Waals surface area contributed by atoms with Gasteiger partial charge in [-0.1, -0.05) is 80.6 Å². The summed E-state index contributed by atoms with van der Waals surface area (Å²) in [5.41, 5.74) is 4.44. The number of rotatable bonds is 8. The van der Waals surface area contributed by atoms with Gasteiger partial charge in [0.05, 0.1) is 6.04 Å². The van der Waals surface area contributed by atoms with Crippen molar-refractivity contribution in [2.24, 2.45) is 5.92 Å². The molecule has 3 aromatic carbocycles. The van der Waals surface area contributed by atoms with Crippen molar-refractivity contribution in [3.05, 3.63) is 101 Å². The summed E-state index contributed by atoms with van der Waals surface area (Å²) in [5.74, 6) is 1.03. The second kappa shape index (κ2) is 11.4. The molecule has 36 heavy (non-hydrogen) atoms. The molecule has 2 amide bonds. The summed E-state index contributed by atoms with van der Waals surface area (Å²) in [5, 5.41) is 0. The topological polar surface area (TPSA) is 49.9 Å². The number of carbonyl (C=O) groups is 2. The van der Waals surface area contributed by atoms with Gasteiger partial charge in [-0.15, -0.1) is 0 Å². The van der Waals surface area contributed by atoms with E-state index in [1.807, 2.05) is 65.6 Å². The quantitative estimate of drug-likeness (QED) is 0.416. The Morgan fingerprint density at radius 3 is 2.31 bits per heavy atom. The number of hydrogen-bond donors (Lipinski definition) is 0. The van der Waals surface area contributed by atoms with Crippen LogP contribution in [0.3, 0.4) is 0 Å². The van der Waals surface area contributed by atoms with E-state index < -0.39 is 6.10 Å². The van der Waals surface area contributed by atoms with Crippen LogP contribution >= 0.6 is 0 Å². The molecule has 1 aliphatic rings. The molecule has 0 fully saturated rings. The van der Waals surface area contributed by atoms with Gasteiger partial charge in [-0.2, -0.15) is 0 Å². The second-order valence-electron chi connectivity index (χ2n) is 10.0. The maximum Gasteiger partial charge on any atom is 0.263 e. The summed E-state index contributed by atoms with van der Waals surface area (Å²) in [4.78, 5) is 29.9. The highest BCUT2D eigenvalue weighted by Crippen LogP contribution is 2.38. The smallest absolute Gasteiger partial charge is 0.263 e. The molecule has 0 aromatic heterocycles. The molecule has 3 aromatic rings. The second-order valence-corrected chi connectivity index (χ2v) is 10.0. The molecule has 0 saturated heterocycles. The SMILES string of the molecule is CC(C)CC(=O)N1CCc2ccc(O[C@@H](C)C(=O)N(C)Cc3ccccc3)cc2[C@@H]1c1ccccc1. The lowest BCUT2D eigenvalue weighted by molar-refractivity contribution is -0.137. The van der Waals surface area contributed by atoms with Crippen LogP contribution in [0.25, 0.3) is 0 Å². The minimum atomic E-state index is -0.630. The van der Waals surface area contributed by atoms with Crippen molar-refractivity contribution in [3.63, 3.8) is 0 Å². The van der Waals surface area contributed by atoms with Crippen LogP contribution in [-0.4, -0.2) is 41.3 Å². The van der Waals surface area contributed by atoms with E-state index in [1.165, 1.54) is 5.56 Å². The molecule has 0 N–H and O–H groups in total. The van der Waals surface area contributed by atoms with Gasteiger partial charge in [-0.05, 0) is 53.6 Å². The van der Waals surface area contributed by atoms with Gasteiger partial charge in [-0.3, -0.25) is 9.59 Å². The first-order valence-corrected chi connectivity index (χ1v) is 12.8. The van der Waals surface area contributed by atoms with E-state index in [0.29, 0.717) is 31.2 Å².